The van der Waals surface area contributed by atoms with Crippen LogP contribution in [0.25, 0.3) is 5.69 Å². The van der Waals surface area contributed by atoms with Crippen LogP contribution in [0.5, 0.6) is 0 Å². The van der Waals surface area contributed by atoms with E-state index in [0.29, 0.717) is 5.69 Å². The van der Waals surface area contributed by atoms with Gasteiger partial charge in [-0.25, -0.2) is 4.79 Å². The predicted molar refractivity (Wildman–Crippen MR) is 61.8 cm³/mol. The van der Waals surface area contributed by atoms with E-state index in [1.54, 1.807) is 0 Å². The molecule has 92 valence electrons. The Morgan fingerprint density at radius 1 is 1.44 bits per heavy atom. The minimum Gasteiger partial charge on any atom is -0.464 e. The molecule has 0 aliphatic heterocycles. The summed E-state index contributed by atoms with van der Waals surface area (Å²) in [6.45, 7) is 0. The maximum absolute atomic E-state index is 11.7. The highest BCUT2D eigenvalue weighted by Crippen LogP contribution is 2.07. The summed E-state index contributed by atoms with van der Waals surface area (Å²) in [6, 6.07) is 3.89. The highest BCUT2D eigenvalue weighted by Gasteiger charge is 2.11. The van der Waals surface area contributed by atoms with Crippen molar-refractivity contribution in [3.8, 4) is 5.69 Å². The molecule has 2 heterocycles. The second-order valence-electron chi connectivity index (χ2n) is 3.20. The lowest BCUT2D eigenvalue weighted by molar-refractivity contribution is 0.0591. The number of rotatable bonds is 2. The average Bonchev–Trinajstić information content (AvgIpc) is 2.38. The van der Waals surface area contributed by atoms with Crippen molar-refractivity contribution in [2.75, 3.05) is 7.11 Å². The molecule has 0 bridgehead atoms. The number of aromatic nitrogens is 4. The number of esters is 1. The molecular formula is C10H7ClN4O3. The summed E-state index contributed by atoms with van der Waals surface area (Å²) in [4.78, 5) is 23.0. The lowest BCUT2D eigenvalue weighted by Crippen LogP contribution is -2.23. The molecular weight excluding hydrogens is 260 g/mol. The molecule has 0 amide bonds. The topological polar surface area (TPSA) is 87.0 Å². The van der Waals surface area contributed by atoms with Crippen LogP contribution in [0, 0.1) is 0 Å². The van der Waals surface area contributed by atoms with Crippen molar-refractivity contribution >= 4 is 17.6 Å². The molecule has 0 fully saturated rings. The Morgan fingerprint density at radius 2 is 2.22 bits per heavy atom. The van der Waals surface area contributed by atoms with Gasteiger partial charge < -0.3 is 4.74 Å². The minimum absolute atomic E-state index is 0.00466. The molecule has 0 unspecified atom stereocenters. The number of carbonyl (C=O) groups is 1. The van der Waals surface area contributed by atoms with Crippen LogP contribution in [0.4, 0.5) is 0 Å². The van der Waals surface area contributed by atoms with Crippen molar-refractivity contribution < 1.29 is 9.53 Å². The highest BCUT2D eigenvalue weighted by atomic mass is 35.5. The van der Waals surface area contributed by atoms with Crippen LogP contribution in [0.3, 0.4) is 0 Å². The van der Waals surface area contributed by atoms with Crippen LogP contribution in [-0.4, -0.2) is 33.1 Å². The Morgan fingerprint density at radius 3 is 2.89 bits per heavy atom. The molecule has 0 radical (unpaired) electrons. The monoisotopic (exact) mass is 266 g/mol. The Bertz CT molecular complexity index is 656. The minimum atomic E-state index is -0.642. The van der Waals surface area contributed by atoms with Crippen LogP contribution in [-0.2, 0) is 4.74 Å². The van der Waals surface area contributed by atoms with E-state index in [1.807, 2.05) is 0 Å². The molecule has 0 N–H and O–H groups in total. The normalized spacial score (nSPS) is 10.1. The number of nitrogens with zero attached hydrogens (tertiary/aromatic N) is 4. The van der Waals surface area contributed by atoms with E-state index in [2.05, 4.69) is 20.0 Å². The molecule has 2 aromatic heterocycles. The first-order valence-corrected chi connectivity index (χ1v) is 5.17. The van der Waals surface area contributed by atoms with E-state index in [1.165, 1.54) is 31.5 Å². The maximum atomic E-state index is 11.7. The Kier molecular flexibility index (Phi) is 3.33. The van der Waals surface area contributed by atoms with Gasteiger partial charge in [0.1, 0.15) is 0 Å². The van der Waals surface area contributed by atoms with Crippen molar-refractivity contribution in [3.05, 3.63) is 45.6 Å². The van der Waals surface area contributed by atoms with Crippen LogP contribution >= 0.6 is 11.6 Å². The van der Waals surface area contributed by atoms with E-state index < -0.39 is 11.5 Å². The zero-order valence-corrected chi connectivity index (χ0v) is 9.96. The largest absolute Gasteiger partial charge is 0.464 e. The number of halogens is 1. The predicted octanol–water partition coefficient (Wildman–Crippen LogP) is 0.462. The Hall–Kier alpha value is -2.28. The molecule has 7 nitrogen and oxygen atoms in total. The van der Waals surface area contributed by atoms with E-state index in [0.717, 1.165) is 4.68 Å². The van der Waals surface area contributed by atoms with Gasteiger partial charge >= 0.3 is 5.97 Å². The first-order valence-electron chi connectivity index (χ1n) is 4.79. The number of hydrogen-bond acceptors (Lipinski definition) is 6. The fourth-order valence-electron chi connectivity index (χ4n) is 1.26. The summed E-state index contributed by atoms with van der Waals surface area (Å²) in [5, 5.41) is 11.1. The van der Waals surface area contributed by atoms with Gasteiger partial charge in [-0.15, -0.1) is 5.10 Å². The molecule has 0 saturated carbocycles. The quantitative estimate of drug-likeness (QED) is 0.734. The van der Waals surface area contributed by atoms with Crippen LogP contribution in [0.1, 0.15) is 10.5 Å². The van der Waals surface area contributed by atoms with Crippen LogP contribution in [0.2, 0.25) is 5.15 Å². The third-order valence-electron chi connectivity index (χ3n) is 2.05. The molecule has 0 atom stereocenters. The summed E-state index contributed by atoms with van der Waals surface area (Å²) in [5.41, 5.74) is -0.109. The molecule has 0 aromatic carbocycles. The van der Waals surface area contributed by atoms with Gasteiger partial charge in [0.05, 0.1) is 19.0 Å². The second-order valence-corrected chi connectivity index (χ2v) is 3.58. The van der Waals surface area contributed by atoms with Crippen molar-refractivity contribution in [3.63, 3.8) is 0 Å². The third-order valence-corrected chi connectivity index (χ3v) is 2.23. The number of methoxy groups -OCH3 is 1. The number of carbonyl (C=O) groups excluding carboxylic acids is 1. The second kappa shape index (κ2) is 4.92. The fraction of sp³-hybridized carbons (Fsp3) is 0.100. The zero-order chi connectivity index (χ0) is 13.1. The molecule has 0 aliphatic rings. The molecule has 2 rings (SSSR count). The SMILES string of the molecule is COC(=O)c1ccc(=O)n(-c2cnnc(Cl)c2)n1. The van der Waals surface area contributed by atoms with Crippen LogP contribution < -0.4 is 5.56 Å². The van der Waals surface area contributed by atoms with Gasteiger partial charge in [0, 0.05) is 12.1 Å². The number of hydrogen-bond donors (Lipinski definition) is 0. The lowest BCUT2D eigenvalue weighted by atomic mass is 10.4. The van der Waals surface area contributed by atoms with Crippen molar-refractivity contribution in [1.82, 2.24) is 20.0 Å². The molecule has 0 spiro atoms. The van der Waals surface area contributed by atoms with Gasteiger partial charge in [-0.3, -0.25) is 4.79 Å². The first-order chi connectivity index (χ1) is 8.61. The van der Waals surface area contributed by atoms with Crippen LogP contribution in [0.15, 0.2) is 29.2 Å². The van der Waals surface area contributed by atoms with Gasteiger partial charge in [0.25, 0.3) is 5.56 Å². The Labute approximate surface area is 106 Å². The van der Waals surface area contributed by atoms with Crippen molar-refractivity contribution in [2.24, 2.45) is 0 Å². The van der Waals surface area contributed by atoms with Gasteiger partial charge in [-0.2, -0.15) is 14.9 Å². The molecule has 0 aliphatic carbocycles. The zero-order valence-electron chi connectivity index (χ0n) is 9.20. The first kappa shape index (κ1) is 12.2. The van der Waals surface area contributed by atoms with E-state index in [-0.39, 0.29) is 10.8 Å². The lowest BCUT2D eigenvalue weighted by Gasteiger charge is -2.05. The third kappa shape index (κ3) is 2.35. The van der Waals surface area contributed by atoms with Crippen molar-refractivity contribution in [2.45, 2.75) is 0 Å². The molecule has 8 heteroatoms. The molecule has 2 aromatic rings. The highest BCUT2D eigenvalue weighted by molar-refractivity contribution is 6.29. The molecule has 18 heavy (non-hydrogen) atoms. The van der Waals surface area contributed by atoms with Crippen molar-refractivity contribution in [1.29, 1.82) is 0 Å². The smallest absolute Gasteiger partial charge is 0.358 e. The van der Waals surface area contributed by atoms with Gasteiger partial charge in [-0.1, -0.05) is 11.6 Å². The number of ether oxygens (including phenoxy) is 1. The maximum Gasteiger partial charge on any atom is 0.358 e. The summed E-state index contributed by atoms with van der Waals surface area (Å²) < 4.78 is 5.51. The van der Waals surface area contributed by atoms with Gasteiger partial charge in [0.2, 0.25) is 0 Å². The van der Waals surface area contributed by atoms with E-state index in [9.17, 15) is 9.59 Å². The van der Waals surface area contributed by atoms with E-state index in [4.69, 9.17) is 11.6 Å². The molecule has 0 saturated heterocycles. The van der Waals surface area contributed by atoms with Gasteiger partial charge in [-0.05, 0) is 6.07 Å². The fourth-order valence-corrected chi connectivity index (χ4v) is 1.41. The summed E-state index contributed by atoms with van der Waals surface area (Å²) in [6.07, 6.45) is 1.31. The standard InChI is InChI=1S/C10H7ClN4O3/c1-18-10(17)7-2-3-9(16)15(14-7)6-4-8(11)13-12-5-6/h2-5H,1H3. The van der Waals surface area contributed by atoms with Gasteiger partial charge in [0.15, 0.2) is 10.8 Å². The average molecular weight is 267 g/mol. The summed E-state index contributed by atoms with van der Waals surface area (Å²) in [5.74, 6) is -0.642. The van der Waals surface area contributed by atoms with E-state index >= 15 is 0 Å². The summed E-state index contributed by atoms with van der Waals surface area (Å²) >= 11 is 5.67. The Balaban J connectivity index is 2.57. The summed E-state index contributed by atoms with van der Waals surface area (Å²) in [7, 11) is 1.23.